The molecule has 1 fully saturated rings. The van der Waals surface area contributed by atoms with Gasteiger partial charge in [-0.25, -0.2) is 4.68 Å². The van der Waals surface area contributed by atoms with Crippen LogP contribution in [0.4, 0.5) is 5.69 Å². The second-order valence-corrected chi connectivity index (χ2v) is 5.06. The highest BCUT2D eigenvalue weighted by Crippen LogP contribution is 2.11. The molecule has 0 bridgehead atoms. The zero-order valence-corrected chi connectivity index (χ0v) is 11.9. The maximum Gasteiger partial charge on any atom is 0.268 e. The molecule has 0 unspecified atom stereocenters. The lowest BCUT2D eigenvalue weighted by Gasteiger charge is -2.28. The van der Waals surface area contributed by atoms with Crippen molar-refractivity contribution in [3.63, 3.8) is 0 Å². The van der Waals surface area contributed by atoms with Gasteiger partial charge in [-0.3, -0.25) is 4.79 Å². The fourth-order valence-corrected chi connectivity index (χ4v) is 2.34. The third-order valence-electron chi connectivity index (χ3n) is 2.98. The Balaban J connectivity index is 2.02. The van der Waals surface area contributed by atoms with Crippen LogP contribution in [0.15, 0.2) is 17.1 Å². The van der Waals surface area contributed by atoms with Gasteiger partial charge in [0.2, 0.25) is 0 Å². The largest absolute Gasteiger partial charge is 0.378 e. The summed E-state index contributed by atoms with van der Waals surface area (Å²) in [6.45, 7) is 3.78. The normalized spacial score (nSPS) is 15.9. The fourth-order valence-electron chi connectivity index (χ4n) is 1.94. The Morgan fingerprint density at radius 3 is 2.78 bits per heavy atom. The van der Waals surface area contributed by atoms with E-state index in [0.717, 1.165) is 36.9 Å². The molecule has 5 nitrogen and oxygen atoms in total. The highest BCUT2D eigenvalue weighted by Gasteiger charge is 2.12. The third kappa shape index (κ3) is 3.55. The highest BCUT2D eigenvalue weighted by atomic mass is 79.9. The van der Waals surface area contributed by atoms with Crippen molar-refractivity contribution in [1.82, 2.24) is 9.78 Å². The predicted molar refractivity (Wildman–Crippen MR) is 74.6 cm³/mol. The summed E-state index contributed by atoms with van der Waals surface area (Å²) < 4.78 is 6.83. The molecule has 0 amide bonds. The van der Waals surface area contributed by atoms with Crippen molar-refractivity contribution in [3.05, 3.63) is 22.6 Å². The van der Waals surface area contributed by atoms with Crippen molar-refractivity contribution < 1.29 is 4.74 Å². The Hall–Kier alpha value is -0.880. The first-order valence-corrected chi connectivity index (χ1v) is 7.39. The van der Waals surface area contributed by atoms with E-state index in [1.54, 1.807) is 12.3 Å². The van der Waals surface area contributed by atoms with Crippen LogP contribution in [0.1, 0.15) is 12.8 Å². The summed E-state index contributed by atoms with van der Waals surface area (Å²) in [6.07, 6.45) is 3.80. The maximum atomic E-state index is 11.9. The minimum absolute atomic E-state index is 0.0198. The molecule has 18 heavy (non-hydrogen) atoms. The molecule has 1 aliphatic heterocycles. The van der Waals surface area contributed by atoms with E-state index in [4.69, 9.17) is 4.74 Å². The van der Waals surface area contributed by atoms with Crippen LogP contribution in [0.25, 0.3) is 0 Å². The van der Waals surface area contributed by atoms with Gasteiger partial charge in [0.05, 0.1) is 25.1 Å². The number of halogens is 1. The maximum absolute atomic E-state index is 11.9. The molecule has 100 valence electrons. The topological polar surface area (TPSA) is 47.4 Å². The van der Waals surface area contributed by atoms with E-state index >= 15 is 0 Å². The number of ether oxygens (including phenoxy) is 1. The summed E-state index contributed by atoms with van der Waals surface area (Å²) in [5, 5.41) is 5.20. The summed E-state index contributed by atoms with van der Waals surface area (Å²) in [4.78, 5) is 14.0. The van der Waals surface area contributed by atoms with Crippen LogP contribution in [-0.2, 0) is 11.3 Å². The molecule has 0 radical (unpaired) electrons. The lowest BCUT2D eigenvalue weighted by molar-refractivity contribution is 0.122. The van der Waals surface area contributed by atoms with Crippen molar-refractivity contribution in [2.45, 2.75) is 19.4 Å². The average Bonchev–Trinajstić information content (AvgIpc) is 2.42. The number of nitrogens with zero attached hydrogens (tertiary/aromatic N) is 3. The van der Waals surface area contributed by atoms with Gasteiger partial charge < -0.3 is 9.64 Å². The Labute approximate surface area is 115 Å². The number of morpholine rings is 1. The van der Waals surface area contributed by atoms with Crippen LogP contribution in [0.3, 0.4) is 0 Å². The molecule has 0 N–H and O–H groups in total. The minimum Gasteiger partial charge on any atom is -0.378 e. The molecule has 1 saturated heterocycles. The monoisotopic (exact) mass is 315 g/mol. The lowest BCUT2D eigenvalue weighted by atomic mass is 10.3. The quantitative estimate of drug-likeness (QED) is 0.606. The van der Waals surface area contributed by atoms with Gasteiger partial charge >= 0.3 is 0 Å². The standard InChI is InChI=1S/C12H18BrN3O2/c13-3-1-2-4-16-12(17)9-11(10-14-16)15-5-7-18-8-6-15/h9-10H,1-8H2. The Kier molecular flexibility index (Phi) is 5.19. The predicted octanol–water partition coefficient (Wildman–Crippen LogP) is 1.25. The number of aromatic nitrogens is 2. The molecule has 0 aromatic carbocycles. The van der Waals surface area contributed by atoms with Crippen LogP contribution < -0.4 is 10.5 Å². The van der Waals surface area contributed by atoms with Crippen molar-refractivity contribution in [2.24, 2.45) is 0 Å². The summed E-state index contributed by atoms with van der Waals surface area (Å²) in [6, 6.07) is 1.67. The zero-order chi connectivity index (χ0) is 12.8. The SMILES string of the molecule is O=c1cc(N2CCOCC2)cnn1CCCCBr. The van der Waals surface area contributed by atoms with E-state index in [9.17, 15) is 4.79 Å². The van der Waals surface area contributed by atoms with Gasteiger partial charge in [-0.05, 0) is 12.8 Å². The molecular weight excluding hydrogens is 298 g/mol. The number of aryl methyl sites for hydroxylation is 1. The first-order chi connectivity index (χ1) is 8.81. The van der Waals surface area contributed by atoms with Crippen LogP contribution >= 0.6 is 15.9 Å². The van der Waals surface area contributed by atoms with Crippen molar-refractivity contribution >= 4 is 21.6 Å². The molecule has 0 atom stereocenters. The summed E-state index contributed by atoms with van der Waals surface area (Å²) >= 11 is 3.38. The summed E-state index contributed by atoms with van der Waals surface area (Å²) in [5.41, 5.74) is 0.883. The van der Waals surface area contributed by atoms with Crippen LogP contribution in [0.2, 0.25) is 0 Å². The molecule has 6 heteroatoms. The summed E-state index contributed by atoms with van der Waals surface area (Å²) in [5.74, 6) is 0. The summed E-state index contributed by atoms with van der Waals surface area (Å²) in [7, 11) is 0. The van der Waals surface area contributed by atoms with Gasteiger partial charge in [0.15, 0.2) is 0 Å². The average molecular weight is 316 g/mol. The number of alkyl halides is 1. The third-order valence-corrected chi connectivity index (χ3v) is 3.55. The number of hydrogen-bond acceptors (Lipinski definition) is 4. The smallest absolute Gasteiger partial charge is 0.268 e. The van der Waals surface area contributed by atoms with E-state index in [1.165, 1.54) is 4.68 Å². The van der Waals surface area contributed by atoms with Gasteiger partial charge in [-0.2, -0.15) is 5.10 Å². The van der Waals surface area contributed by atoms with Crippen molar-refractivity contribution in [1.29, 1.82) is 0 Å². The lowest BCUT2D eigenvalue weighted by Crippen LogP contribution is -2.37. The van der Waals surface area contributed by atoms with E-state index in [2.05, 4.69) is 25.9 Å². The second kappa shape index (κ2) is 6.89. The fraction of sp³-hybridized carbons (Fsp3) is 0.667. The van der Waals surface area contributed by atoms with Gasteiger partial charge in [0, 0.05) is 31.0 Å². The highest BCUT2D eigenvalue weighted by molar-refractivity contribution is 9.09. The number of hydrogen-bond donors (Lipinski definition) is 0. The van der Waals surface area contributed by atoms with Gasteiger partial charge in [0.25, 0.3) is 5.56 Å². The van der Waals surface area contributed by atoms with E-state index < -0.39 is 0 Å². The van der Waals surface area contributed by atoms with E-state index in [-0.39, 0.29) is 5.56 Å². The zero-order valence-electron chi connectivity index (χ0n) is 10.3. The van der Waals surface area contributed by atoms with Crippen LogP contribution in [0.5, 0.6) is 0 Å². The Morgan fingerprint density at radius 2 is 2.11 bits per heavy atom. The minimum atomic E-state index is -0.0198. The van der Waals surface area contributed by atoms with Gasteiger partial charge in [-0.15, -0.1) is 0 Å². The second-order valence-electron chi connectivity index (χ2n) is 4.27. The molecular formula is C12H18BrN3O2. The van der Waals surface area contributed by atoms with Crippen LogP contribution in [0, 0.1) is 0 Å². The molecule has 1 aromatic heterocycles. The Bertz CT molecular complexity index is 430. The number of rotatable bonds is 5. The first-order valence-electron chi connectivity index (χ1n) is 6.27. The van der Waals surface area contributed by atoms with E-state index in [0.29, 0.717) is 19.8 Å². The Morgan fingerprint density at radius 1 is 1.33 bits per heavy atom. The molecule has 1 aromatic rings. The molecule has 0 spiro atoms. The van der Waals surface area contributed by atoms with Crippen LogP contribution in [-0.4, -0.2) is 41.4 Å². The molecule has 1 aliphatic rings. The molecule has 0 saturated carbocycles. The molecule has 2 heterocycles. The van der Waals surface area contributed by atoms with Gasteiger partial charge in [0.1, 0.15) is 0 Å². The molecule has 2 rings (SSSR count). The first kappa shape index (κ1) is 13.5. The molecule has 0 aliphatic carbocycles. The van der Waals surface area contributed by atoms with Crippen molar-refractivity contribution in [2.75, 3.05) is 36.5 Å². The number of anilines is 1. The number of unbranched alkanes of at least 4 members (excludes halogenated alkanes) is 1. The van der Waals surface area contributed by atoms with Crippen molar-refractivity contribution in [3.8, 4) is 0 Å². The van der Waals surface area contributed by atoms with E-state index in [1.807, 2.05) is 0 Å². The van der Waals surface area contributed by atoms with Gasteiger partial charge in [-0.1, -0.05) is 15.9 Å².